The molecule has 0 fully saturated rings. The summed E-state index contributed by atoms with van der Waals surface area (Å²) >= 11 is 8.16. The minimum Gasteiger partial charge on any atom is -0.304 e. The number of aryl methyl sites for hydroxylation is 1. The Morgan fingerprint density at radius 3 is 3.08 bits per heavy atom. The van der Waals surface area contributed by atoms with Crippen molar-refractivity contribution in [1.29, 1.82) is 0 Å². The molecule has 2 aromatic rings. The third kappa shape index (κ3) is 1.42. The van der Waals surface area contributed by atoms with Crippen LogP contribution in [0.25, 0.3) is 11.2 Å². The number of hydrogen-bond donors (Lipinski definition) is 0. The molecule has 13 heavy (non-hydrogen) atoms. The van der Waals surface area contributed by atoms with Gasteiger partial charge in [0, 0.05) is 35.3 Å². The molecule has 0 radical (unpaired) electrons. The molecule has 2 aromatic heterocycles. The number of fused-ring (bicyclic) bond motifs is 1. The first-order valence-corrected chi connectivity index (χ1v) is 5.36. The SMILES string of the molecule is CCn1c(I)nc2c(Cl)ccnc21. The maximum Gasteiger partial charge on any atom is 0.173 e. The van der Waals surface area contributed by atoms with Crippen molar-refractivity contribution in [2.24, 2.45) is 0 Å². The van der Waals surface area contributed by atoms with E-state index >= 15 is 0 Å². The van der Waals surface area contributed by atoms with E-state index in [0.29, 0.717) is 5.02 Å². The molecule has 0 aliphatic heterocycles. The molecule has 68 valence electrons. The third-order valence-corrected chi connectivity index (χ3v) is 2.98. The quantitative estimate of drug-likeness (QED) is 0.759. The van der Waals surface area contributed by atoms with Gasteiger partial charge in [-0.1, -0.05) is 11.6 Å². The first-order valence-electron chi connectivity index (χ1n) is 3.90. The molecule has 0 bridgehead atoms. The van der Waals surface area contributed by atoms with Crippen LogP contribution in [0.3, 0.4) is 0 Å². The van der Waals surface area contributed by atoms with Crippen molar-refractivity contribution < 1.29 is 0 Å². The van der Waals surface area contributed by atoms with Gasteiger partial charge >= 0.3 is 0 Å². The van der Waals surface area contributed by atoms with Crippen molar-refractivity contribution in [3.8, 4) is 0 Å². The molecule has 2 rings (SSSR count). The number of pyridine rings is 1. The summed E-state index contributed by atoms with van der Waals surface area (Å²) in [4.78, 5) is 8.58. The van der Waals surface area contributed by atoms with E-state index in [1.807, 2.05) is 4.57 Å². The van der Waals surface area contributed by atoms with Gasteiger partial charge in [-0.2, -0.15) is 0 Å². The third-order valence-electron chi connectivity index (χ3n) is 1.85. The van der Waals surface area contributed by atoms with Gasteiger partial charge < -0.3 is 4.57 Å². The monoisotopic (exact) mass is 307 g/mol. The van der Waals surface area contributed by atoms with E-state index in [2.05, 4.69) is 39.5 Å². The van der Waals surface area contributed by atoms with Crippen LogP contribution in [0.4, 0.5) is 0 Å². The maximum absolute atomic E-state index is 5.98. The molecule has 0 atom stereocenters. The summed E-state index contributed by atoms with van der Waals surface area (Å²) in [6.07, 6.45) is 1.70. The molecule has 2 heterocycles. The molecule has 0 saturated heterocycles. The second-order valence-corrected chi connectivity index (χ2v) is 3.96. The van der Waals surface area contributed by atoms with Crippen LogP contribution in [-0.2, 0) is 6.54 Å². The lowest BCUT2D eigenvalue weighted by Crippen LogP contribution is -1.97. The van der Waals surface area contributed by atoms with E-state index < -0.39 is 0 Å². The fraction of sp³-hybridized carbons (Fsp3) is 0.250. The Morgan fingerprint density at radius 1 is 1.62 bits per heavy atom. The molecular weight excluding hydrogens is 300 g/mol. The van der Waals surface area contributed by atoms with E-state index in [-0.39, 0.29) is 0 Å². The summed E-state index contributed by atoms with van der Waals surface area (Å²) in [7, 11) is 0. The summed E-state index contributed by atoms with van der Waals surface area (Å²) in [6, 6.07) is 1.76. The highest BCUT2D eigenvalue weighted by Crippen LogP contribution is 2.22. The zero-order valence-electron chi connectivity index (χ0n) is 6.96. The second kappa shape index (κ2) is 3.42. The van der Waals surface area contributed by atoms with Gasteiger partial charge in [-0.15, -0.1) is 0 Å². The van der Waals surface area contributed by atoms with Crippen molar-refractivity contribution in [2.75, 3.05) is 0 Å². The topological polar surface area (TPSA) is 30.7 Å². The average Bonchev–Trinajstić information content (AvgIpc) is 2.43. The standard InChI is InChI=1S/C8H7ClIN3/c1-2-13-7-6(12-8(13)10)5(9)3-4-11-7/h3-4H,2H2,1H3. The van der Waals surface area contributed by atoms with Gasteiger partial charge in [0.2, 0.25) is 0 Å². The van der Waals surface area contributed by atoms with Gasteiger partial charge in [-0.25, -0.2) is 9.97 Å². The number of halogens is 2. The first kappa shape index (κ1) is 9.21. The molecule has 0 aliphatic carbocycles. The molecule has 3 nitrogen and oxygen atoms in total. The normalized spacial score (nSPS) is 11.0. The second-order valence-electron chi connectivity index (χ2n) is 2.59. The molecular formula is C8H7ClIN3. The van der Waals surface area contributed by atoms with Crippen molar-refractivity contribution in [2.45, 2.75) is 13.5 Å². The Kier molecular flexibility index (Phi) is 2.42. The average molecular weight is 308 g/mol. The van der Waals surface area contributed by atoms with E-state index in [4.69, 9.17) is 11.6 Å². The fourth-order valence-corrected chi connectivity index (χ4v) is 2.24. The smallest absolute Gasteiger partial charge is 0.173 e. The largest absolute Gasteiger partial charge is 0.304 e. The minimum absolute atomic E-state index is 0.662. The molecule has 0 N–H and O–H groups in total. The summed E-state index contributed by atoms with van der Waals surface area (Å²) in [5, 5.41) is 0.662. The summed E-state index contributed by atoms with van der Waals surface area (Å²) in [5.74, 6) is 0. The lowest BCUT2D eigenvalue weighted by Gasteiger charge is -1.98. The minimum atomic E-state index is 0.662. The number of hydrogen-bond acceptors (Lipinski definition) is 2. The molecule has 0 unspecified atom stereocenters. The lowest BCUT2D eigenvalue weighted by atomic mass is 10.4. The number of rotatable bonds is 1. The zero-order valence-corrected chi connectivity index (χ0v) is 9.87. The van der Waals surface area contributed by atoms with Gasteiger partial charge in [0.25, 0.3) is 0 Å². The Balaban J connectivity index is 2.86. The van der Waals surface area contributed by atoms with E-state index in [1.165, 1.54) is 0 Å². The molecule has 0 aliphatic rings. The fourth-order valence-electron chi connectivity index (χ4n) is 1.24. The van der Waals surface area contributed by atoms with Gasteiger partial charge in [-0.3, -0.25) is 0 Å². The predicted molar refractivity (Wildman–Crippen MR) is 60.9 cm³/mol. The van der Waals surface area contributed by atoms with Crippen LogP contribution in [0.1, 0.15) is 6.92 Å². The Labute approximate surface area is 94.3 Å². The van der Waals surface area contributed by atoms with Crippen molar-refractivity contribution in [3.63, 3.8) is 0 Å². The molecule has 0 aromatic carbocycles. The highest BCUT2D eigenvalue weighted by Gasteiger charge is 2.09. The van der Waals surface area contributed by atoms with Gasteiger partial charge in [0.15, 0.2) is 9.48 Å². The van der Waals surface area contributed by atoms with Crippen LogP contribution in [0.2, 0.25) is 5.02 Å². The van der Waals surface area contributed by atoms with Crippen LogP contribution < -0.4 is 0 Å². The maximum atomic E-state index is 5.98. The Morgan fingerprint density at radius 2 is 2.38 bits per heavy atom. The predicted octanol–water partition coefficient (Wildman–Crippen LogP) is 2.71. The van der Waals surface area contributed by atoms with E-state index in [0.717, 1.165) is 21.5 Å². The van der Waals surface area contributed by atoms with Crippen LogP contribution in [0, 0.1) is 3.83 Å². The van der Waals surface area contributed by atoms with Crippen LogP contribution in [0.15, 0.2) is 12.3 Å². The number of nitrogens with zero attached hydrogens (tertiary/aromatic N) is 3. The van der Waals surface area contributed by atoms with Crippen LogP contribution in [-0.4, -0.2) is 14.5 Å². The highest BCUT2D eigenvalue weighted by molar-refractivity contribution is 14.1. The number of imidazole rings is 1. The first-order chi connectivity index (χ1) is 6.24. The van der Waals surface area contributed by atoms with E-state index in [9.17, 15) is 0 Å². The number of aromatic nitrogens is 3. The van der Waals surface area contributed by atoms with Crippen LogP contribution in [0.5, 0.6) is 0 Å². The molecule has 5 heteroatoms. The summed E-state index contributed by atoms with van der Waals surface area (Å²) < 4.78 is 2.96. The Bertz CT molecular complexity index is 452. The van der Waals surface area contributed by atoms with E-state index in [1.54, 1.807) is 12.3 Å². The lowest BCUT2D eigenvalue weighted by molar-refractivity contribution is 0.754. The van der Waals surface area contributed by atoms with Crippen molar-refractivity contribution in [1.82, 2.24) is 14.5 Å². The molecule has 0 saturated carbocycles. The Hall–Kier alpha value is -0.360. The highest BCUT2D eigenvalue weighted by atomic mass is 127. The van der Waals surface area contributed by atoms with Gasteiger partial charge in [0.05, 0.1) is 5.02 Å². The summed E-state index contributed by atoms with van der Waals surface area (Å²) in [6.45, 7) is 2.92. The van der Waals surface area contributed by atoms with Crippen molar-refractivity contribution >= 4 is 45.4 Å². The molecule has 0 amide bonds. The van der Waals surface area contributed by atoms with Crippen molar-refractivity contribution in [3.05, 3.63) is 21.1 Å². The van der Waals surface area contributed by atoms with Gasteiger partial charge in [-0.05, 0) is 13.0 Å². The summed E-state index contributed by atoms with van der Waals surface area (Å²) in [5.41, 5.74) is 1.65. The molecule has 0 spiro atoms. The van der Waals surface area contributed by atoms with Crippen LogP contribution >= 0.6 is 34.2 Å². The zero-order chi connectivity index (χ0) is 9.42. The van der Waals surface area contributed by atoms with Gasteiger partial charge in [0.1, 0.15) is 5.52 Å².